The van der Waals surface area contributed by atoms with Crippen molar-refractivity contribution in [3.05, 3.63) is 11.6 Å². The Kier molecular flexibility index (Phi) is 19.2. The molecule has 3 radical (unpaired) electrons. The van der Waals surface area contributed by atoms with E-state index < -0.39 is 0 Å². The minimum atomic E-state index is 0. The lowest BCUT2D eigenvalue weighted by Gasteiger charge is -1.40. The smallest absolute Gasteiger partial charge is 0.0620 e. The maximum atomic E-state index is 3.51. The van der Waals surface area contributed by atoms with E-state index in [1.165, 1.54) is 11.5 Å². The van der Waals surface area contributed by atoms with Gasteiger partial charge in [-0.1, -0.05) is 19.3 Å². The molecule has 0 aliphatic heterocycles. The van der Waals surface area contributed by atoms with Crippen LogP contribution in [0.5, 0.6) is 0 Å². The fourth-order valence-corrected chi connectivity index (χ4v) is 0.408. The second kappa shape index (κ2) is 9.80. The standard InChI is InChI=1S/C2H2N2S.2CH4.B/c1-2-5-4-3-1;;;/h1-2H;2*1H4;. The van der Waals surface area contributed by atoms with Gasteiger partial charge in [0.1, 0.15) is 0 Å². The van der Waals surface area contributed by atoms with Crippen LogP contribution < -0.4 is 0 Å². The Morgan fingerprint density at radius 1 is 1.25 bits per heavy atom. The lowest BCUT2D eigenvalue weighted by Crippen LogP contribution is -1.51. The molecule has 0 amide bonds. The van der Waals surface area contributed by atoms with Gasteiger partial charge in [-0.2, -0.15) is 0 Å². The van der Waals surface area contributed by atoms with Crippen LogP contribution in [0, 0.1) is 0 Å². The average molecular weight is 129 g/mol. The fraction of sp³-hybridized carbons (Fsp3) is 0.500. The van der Waals surface area contributed by atoms with Crippen molar-refractivity contribution in [3.8, 4) is 0 Å². The maximum absolute atomic E-state index is 3.51. The van der Waals surface area contributed by atoms with E-state index in [1.807, 2.05) is 5.38 Å². The SMILES string of the molecule is C.C.[B].c1csnn1. The van der Waals surface area contributed by atoms with Gasteiger partial charge in [0.05, 0.1) is 6.20 Å². The van der Waals surface area contributed by atoms with Crippen LogP contribution in [0.2, 0.25) is 0 Å². The summed E-state index contributed by atoms with van der Waals surface area (Å²) in [6.45, 7) is 0. The summed E-state index contributed by atoms with van der Waals surface area (Å²) >= 11 is 1.35. The summed E-state index contributed by atoms with van der Waals surface area (Å²) in [5, 5.41) is 5.31. The van der Waals surface area contributed by atoms with Gasteiger partial charge in [-0.3, -0.25) is 0 Å². The molecule has 0 atom stereocenters. The van der Waals surface area contributed by atoms with Gasteiger partial charge in [0.25, 0.3) is 0 Å². The number of nitrogens with zero attached hydrogens (tertiary/aromatic N) is 2. The lowest BCUT2D eigenvalue weighted by atomic mass is 10.8. The summed E-state index contributed by atoms with van der Waals surface area (Å²) in [4.78, 5) is 0. The highest BCUT2D eigenvalue weighted by Crippen LogP contribution is 1.78. The minimum Gasteiger partial charge on any atom is -0.147 e. The van der Waals surface area contributed by atoms with Gasteiger partial charge >= 0.3 is 0 Å². The second-order valence-corrected chi connectivity index (χ2v) is 1.23. The summed E-state index contributed by atoms with van der Waals surface area (Å²) in [5.74, 6) is 0. The van der Waals surface area contributed by atoms with Crippen LogP contribution in [0.4, 0.5) is 0 Å². The monoisotopic (exact) mass is 129 g/mol. The Bertz CT molecular complexity index is 70.5. The fourth-order valence-electron chi connectivity index (χ4n) is 0.136. The predicted octanol–water partition coefficient (Wildman–Crippen LogP) is 1.43. The van der Waals surface area contributed by atoms with Crippen molar-refractivity contribution in [1.29, 1.82) is 0 Å². The molecule has 1 heterocycles. The van der Waals surface area contributed by atoms with Crippen molar-refractivity contribution in [2.24, 2.45) is 0 Å². The van der Waals surface area contributed by atoms with Crippen LogP contribution >= 0.6 is 11.5 Å². The third-order valence-corrected chi connectivity index (χ3v) is 0.715. The molecule has 0 aliphatic rings. The molecular weight excluding hydrogens is 119 g/mol. The molecule has 0 aliphatic carbocycles. The van der Waals surface area contributed by atoms with Crippen molar-refractivity contribution in [2.45, 2.75) is 14.9 Å². The van der Waals surface area contributed by atoms with E-state index in [0.717, 1.165) is 0 Å². The zero-order valence-electron chi connectivity index (χ0n) is 3.03. The van der Waals surface area contributed by atoms with E-state index >= 15 is 0 Å². The molecule has 0 aromatic carbocycles. The lowest BCUT2D eigenvalue weighted by molar-refractivity contribution is 1.16. The van der Waals surface area contributed by atoms with Crippen molar-refractivity contribution in [1.82, 2.24) is 9.59 Å². The zero-order chi connectivity index (χ0) is 3.54. The summed E-state index contributed by atoms with van der Waals surface area (Å²) in [5.41, 5.74) is 0. The van der Waals surface area contributed by atoms with Gasteiger partial charge in [-0.25, -0.2) is 0 Å². The molecule has 0 fully saturated rings. The number of hydrogen-bond donors (Lipinski definition) is 0. The first-order chi connectivity index (χ1) is 2.50. The molecule has 45 valence electrons. The first-order valence-corrected chi connectivity index (χ1v) is 2.05. The number of hydrogen-bond acceptors (Lipinski definition) is 3. The Morgan fingerprint density at radius 2 is 1.88 bits per heavy atom. The van der Waals surface area contributed by atoms with Crippen molar-refractivity contribution < 1.29 is 0 Å². The Hall–Kier alpha value is -0.375. The molecule has 0 saturated heterocycles. The molecule has 1 aromatic heterocycles. The first kappa shape index (κ1) is 15.6. The van der Waals surface area contributed by atoms with Crippen LogP contribution in [-0.2, 0) is 0 Å². The van der Waals surface area contributed by atoms with Crippen molar-refractivity contribution >= 4 is 19.9 Å². The van der Waals surface area contributed by atoms with E-state index in [1.54, 1.807) is 6.20 Å². The summed E-state index contributed by atoms with van der Waals surface area (Å²) < 4.78 is 3.51. The van der Waals surface area contributed by atoms with E-state index in [-0.39, 0.29) is 23.3 Å². The van der Waals surface area contributed by atoms with Crippen LogP contribution in [0.3, 0.4) is 0 Å². The molecule has 0 unspecified atom stereocenters. The summed E-state index contributed by atoms with van der Waals surface area (Å²) in [7, 11) is 0. The topological polar surface area (TPSA) is 25.8 Å². The van der Waals surface area contributed by atoms with E-state index in [2.05, 4.69) is 9.59 Å². The quantitative estimate of drug-likeness (QED) is 0.495. The third-order valence-electron chi connectivity index (χ3n) is 0.283. The first-order valence-electron chi connectivity index (χ1n) is 1.21. The highest BCUT2D eigenvalue weighted by Gasteiger charge is 1.61. The molecule has 0 saturated carbocycles. The highest BCUT2D eigenvalue weighted by molar-refractivity contribution is 7.03. The normalized spacial score (nSPS) is 5.00. The minimum absolute atomic E-state index is 0. The largest absolute Gasteiger partial charge is 0.147 e. The molecule has 0 bridgehead atoms. The van der Waals surface area contributed by atoms with Crippen LogP contribution in [-0.4, -0.2) is 18.0 Å². The second-order valence-electron chi connectivity index (χ2n) is 0.588. The van der Waals surface area contributed by atoms with Gasteiger partial charge in [-0.05, 0) is 11.5 Å². The molecule has 1 aromatic rings. The van der Waals surface area contributed by atoms with Gasteiger partial charge in [0, 0.05) is 13.8 Å². The summed E-state index contributed by atoms with van der Waals surface area (Å²) in [6.07, 6.45) is 1.66. The molecule has 2 nitrogen and oxygen atoms in total. The Morgan fingerprint density at radius 3 is 2.00 bits per heavy atom. The Balaban J connectivity index is -0.0000000833. The van der Waals surface area contributed by atoms with Gasteiger partial charge < -0.3 is 0 Å². The molecule has 4 heteroatoms. The van der Waals surface area contributed by atoms with E-state index in [9.17, 15) is 0 Å². The van der Waals surface area contributed by atoms with Crippen molar-refractivity contribution in [2.75, 3.05) is 0 Å². The van der Waals surface area contributed by atoms with Crippen LogP contribution in [0.15, 0.2) is 11.6 Å². The van der Waals surface area contributed by atoms with Crippen LogP contribution in [0.25, 0.3) is 0 Å². The maximum Gasteiger partial charge on any atom is 0.0620 e. The van der Waals surface area contributed by atoms with E-state index in [0.29, 0.717) is 0 Å². The highest BCUT2D eigenvalue weighted by atomic mass is 32.1. The third kappa shape index (κ3) is 5.62. The molecule has 0 N–H and O–H groups in total. The molecule has 1 rings (SSSR count). The Labute approximate surface area is 56.7 Å². The van der Waals surface area contributed by atoms with Gasteiger partial charge in [0.2, 0.25) is 0 Å². The van der Waals surface area contributed by atoms with Gasteiger partial charge in [-0.15, -0.1) is 5.10 Å². The molecular formula is C4H10BN2S. The number of rotatable bonds is 0. The molecule has 0 spiro atoms. The van der Waals surface area contributed by atoms with Crippen molar-refractivity contribution in [3.63, 3.8) is 0 Å². The predicted molar refractivity (Wildman–Crippen MR) is 39.1 cm³/mol. The average Bonchev–Trinajstić information content (AvgIpc) is 1.76. The van der Waals surface area contributed by atoms with Crippen LogP contribution in [0.1, 0.15) is 14.9 Å². The number of aromatic nitrogens is 2. The molecule has 8 heavy (non-hydrogen) atoms. The zero-order valence-corrected chi connectivity index (χ0v) is 3.85. The summed E-state index contributed by atoms with van der Waals surface area (Å²) in [6, 6.07) is 0. The van der Waals surface area contributed by atoms with Gasteiger partial charge in [0.15, 0.2) is 0 Å². The van der Waals surface area contributed by atoms with E-state index in [4.69, 9.17) is 0 Å².